The lowest BCUT2D eigenvalue weighted by Gasteiger charge is -2.42. The Hall–Kier alpha value is -4.32. The van der Waals surface area contributed by atoms with Crippen molar-refractivity contribution in [1.82, 2.24) is 0 Å². The molecule has 0 bridgehead atoms. The van der Waals surface area contributed by atoms with Gasteiger partial charge in [0.25, 0.3) is 0 Å². The SMILES string of the molecule is COc1ccc(OC)c([C@H]2C3=C(CCCC3=O)N(c3ccccc3)C(=N)/C2=C(/O)c2ccccc2)c1. The number of amidine groups is 1. The minimum Gasteiger partial charge on any atom is -0.507 e. The van der Waals surface area contributed by atoms with Crippen molar-refractivity contribution in [1.29, 1.82) is 5.41 Å². The lowest BCUT2D eigenvalue weighted by atomic mass is 9.73. The van der Waals surface area contributed by atoms with Crippen LogP contribution in [0.25, 0.3) is 5.76 Å². The smallest absolute Gasteiger partial charge is 0.161 e. The second-order valence-electron chi connectivity index (χ2n) is 8.83. The van der Waals surface area contributed by atoms with E-state index in [9.17, 15) is 15.3 Å². The molecule has 0 saturated heterocycles. The Morgan fingerprint density at radius 2 is 1.64 bits per heavy atom. The van der Waals surface area contributed by atoms with Gasteiger partial charge in [0, 0.05) is 40.1 Å². The molecule has 1 aliphatic carbocycles. The summed E-state index contributed by atoms with van der Waals surface area (Å²) in [6.07, 6.45) is 1.78. The first-order chi connectivity index (χ1) is 17.5. The topological polar surface area (TPSA) is 82.9 Å². The molecule has 0 spiro atoms. The van der Waals surface area contributed by atoms with Crippen LogP contribution in [0.3, 0.4) is 0 Å². The zero-order chi connectivity index (χ0) is 25.2. The van der Waals surface area contributed by atoms with E-state index in [1.54, 1.807) is 38.5 Å². The van der Waals surface area contributed by atoms with Crippen LogP contribution in [-0.4, -0.2) is 30.9 Å². The zero-order valence-electron chi connectivity index (χ0n) is 20.3. The lowest BCUT2D eigenvalue weighted by Crippen LogP contribution is -2.42. The van der Waals surface area contributed by atoms with E-state index in [4.69, 9.17) is 9.47 Å². The summed E-state index contributed by atoms with van der Waals surface area (Å²) < 4.78 is 11.2. The van der Waals surface area contributed by atoms with Gasteiger partial charge in [-0.3, -0.25) is 15.1 Å². The summed E-state index contributed by atoms with van der Waals surface area (Å²) in [6, 6.07) is 24.1. The van der Waals surface area contributed by atoms with Crippen molar-refractivity contribution in [2.24, 2.45) is 0 Å². The molecule has 0 saturated carbocycles. The summed E-state index contributed by atoms with van der Waals surface area (Å²) in [5, 5.41) is 21.1. The van der Waals surface area contributed by atoms with Gasteiger partial charge in [-0.1, -0.05) is 48.5 Å². The molecular weight excluding hydrogens is 452 g/mol. The van der Waals surface area contributed by atoms with E-state index in [0.717, 1.165) is 11.4 Å². The van der Waals surface area contributed by atoms with Gasteiger partial charge >= 0.3 is 0 Å². The maximum absolute atomic E-state index is 13.6. The van der Waals surface area contributed by atoms with Gasteiger partial charge in [0.05, 0.1) is 20.1 Å². The number of Topliss-reactive ketones (excluding diaryl/α,β-unsaturated/α-hetero) is 1. The van der Waals surface area contributed by atoms with Crippen LogP contribution < -0.4 is 14.4 Å². The van der Waals surface area contributed by atoms with Crippen LogP contribution in [0.2, 0.25) is 0 Å². The Bertz CT molecular complexity index is 1380. The van der Waals surface area contributed by atoms with Crippen LogP contribution in [0.4, 0.5) is 5.69 Å². The highest BCUT2D eigenvalue weighted by molar-refractivity contribution is 6.19. The van der Waals surface area contributed by atoms with Gasteiger partial charge in [-0.05, 0) is 43.2 Å². The Kier molecular flexibility index (Phi) is 6.34. The Labute approximate surface area is 210 Å². The van der Waals surface area contributed by atoms with Gasteiger partial charge in [-0.2, -0.15) is 0 Å². The van der Waals surface area contributed by atoms with Crippen molar-refractivity contribution >= 4 is 23.1 Å². The number of benzene rings is 3. The van der Waals surface area contributed by atoms with Crippen LogP contribution in [0.5, 0.6) is 11.5 Å². The normalized spacial score (nSPS) is 19.2. The molecule has 1 heterocycles. The fourth-order valence-corrected chi connectivity index (χ4v) is 5.18. The highest BCUT2D eigenvalue weighted by Crippen LogP contribution is 2.50. The molecule has 182 valence electrons. The minimum atomic E-state index is -0.689. The third-order valence-corrected chi connectivity index (χ3v) is 6.82. The molecule has 0 unspecified atom stereocenters. The van der Waals surface area contributed by atoms with Gasteiger partial charge in [-0.15, -0.1) is 0 Å². The van der Waals surface area contributed by atoms with Crippen LogP contribution in [0.15, 0.2) is 95.7 Å². The molecule has 0 fully saturated rings. The number of nitrogens with zero attached hydrogens (tertiary/aromatic N) is 1. The van der Waals surface area contributed by atoms with Crippen LogP contribution in [0.1, 0.15) is 36.3 Å². The molecule has 6 heteroatoms. The maximum atomic E-state index is 13.6. The molecule has 2 N–H and O–H groups in total. The number of anilines is 1. The van der Waals surface area contributed by atoms with E-state index >= 15 is 0 Å². The van der Waals surface area contributed by atoms with Crippen molar-refractivity contribution < 1.29 is 19.4 Å². The standard InChI is InChI=1S/C30H28N2O4/c1-35-21-16-17-25(36-2)22(18-21)26-27-23(14-9-15-24(27)33)32(20-12-7-4-8-13-20)30(31)28(26)29(34)19-10-5-3-6-11-19/h3-8,10-13,16-18,26,31,34H,9,14-15H2,1-2H3/b29-28+,31-30?/t26-/m0/s1. The first-order valence-corrected chi connectivity index (χ1v) is 12.0. The molecule has 0 amide bonds. The van der Waals surface area contributed by atoms with E-state index in [-0.39, 0.29) is 17.4 Å². The number of methoxy groups -OCH3 is 2. The number of hydrogen-bond acceptors (Lipinski definition) is 5. The minimum absolute atomic E-state index is 0.0120. The summed E-state index contributed by atoms with van der Waals surface area (Å²) in [5.41, 5.74) is 3.76. The highest BCUT2D eigenvalue weighted by atomic mass is 16.5. The number of aliphatic hydroxyl groups excluding tert-OH is 1. The van der Waals surface area contributed by atoms with E-state index in [1.165, 1.54) is 0 Å². The van der Waals surface area contributed by atoms with Crippen LogP contribution in [-0.2, 0) is 4.79 Å². The number of ketones is 1. The monoisotopic (exact) mass is 480 g/mol. The van der Waals surface area contributed by atoms with Gasteiger partial charge < -0.3 is 14.6 Å². The van der Waals surface area contributed by atoms with Crippen molar-refractivity contribution in [2.45, 2.75) is 25.2 Å². The van der Waals surface area contributed by atoms with E-state index < -0.39 is 5.92 Å². The Morgan fingerprint density at radius 3 is 2.31 bits per heavy atom. The summed E-state index contributed by atoms with van der Waals surface area (Å²) >= 11 is 0. The van der Waals surface area contributed by atoms with Gasteiger partial charge in [0.15, 0.2) is 5.78 Å². The number of aliphatic hydroxyl groups is 1. The number of hydrogen-bond donors (Lipinski definition) is 2. The number of carbonyl (C=O) groups is 1. The van der Waals surface area contributed by atoms with Crippen LogP contribution in [0, 0.1) is 5.41 Å². The fourth-order valence-electron chi connectivity index (χ4n) is 5.18. The number of nitrogens with one attached hydrogen (secondary N) is 1. The molecule has 6 nitrogen and oxygen atoms in total. The highest BCUT2D eigenvalue weighted by Gasteiger charge is 2.44. The number of rotatable bonds is 5. The molecule has 36 heavy (non-hydrogen) atoms. The Morgan fingerprint density at radius 1 is 0.944 bits per heavy atom. The number of carbonyl (C=O) groups excluding carboxylic acids is 1. The predicted molar refractivity (Wildman–Crippen MR) is 141 cm³/mol. The van der Waals surface area contributed by atoms with Gasteiger partial charge in [0.2, 0.25) is 0 Å². The van der Waals surface area contributed by atoms with E-state index in [2.05, 4.69) is 0 Å². The maximum Gasteiger partial charge on any atom is 0.161 e. The quantitative estimate of drug-likeness (QED) is 0.421. The second kappa shape index (κ2) is 9.74. The number of para-hydroxylation sites is 1. The first-order valence-electron chi connectivity index (χ1n) is 12.0. The fraction of sp³-hybridized carbons (Fsp3) is 0.200. The summed E-state index contributed by atoms with van der Waals surface area (Å²) in [5.74, 6) is 0.577. The van der Waals surface area contributed by atoms with Gasteiger partial charge in [0.1, 0.15) is 23.1 Å². The predicted octanol–water partition coefficient (Wildman–Crippen LogP) is 6.26. The molecular formula is C30H28N2O4. The average molecular weight is 481 g/mol. The van der Waals surface area contributed by atoms with E-state index in [0.29, 0.717) is 53.0 Å². The van der Waals surface area contributed by atoms with Crippen molar-refractivity contribution in [2.75, 3.05) is 19.1 Å². The molecule has 2 aliphatic rings. The lowest BCUT2D eigenvalue weighted by molar-refractivity contribution is -0.116. The van der Waals surface area contributed by atoms with Crippen LogP contribution >= 0.6 is 0 Å². The molecule has 3 aromatic carbocycles. The van der Waals surface area contributed by atoms with Gasteiger partial charge in [-0.25, -0.2) is 0 Å². The van der Waals surface area contributed by atoms with Crippen molar-refractivity contribution in [3.8, 4) is 11.5 Å². The Balaban J connectivity index is 1.87. The number of ether oxygens (including phenoxy) is 2. The zero-order valence-corrected chi connectivity index (χ0v) is 20.3. The first kappa shape index (κ1) is 23.4. The molecule has 5 rings (SSSR count). The van der Waals surface area contributed by atoms with Crippen molar-refractivity contribution in [3.05, 3.63) is 107 Å². The van der Waals surface area contributed by atoms with E-state index in [1.807, 2.05) is 59.5 Å². The molecule has 0 aromatic heterocycles. The van der Waals surface area contributed by atoms with Crippen molar-refractivity contribution in [3.63, 3.8) is 0 Å². The number of allylic oxidation sites excluding steroid dienone is 2. The summed E-state index contributed by atoms with van der Waals surface area (Å²) in [6.45, 7) is 0. The average Bonchev–Trinajstić information content (AvgIpc) is 2.92. The molecule has 1 aliphatic heterocycles. The molecule has 0 radical (unpaired) electrons. The third kappa shape index (κ3) is 3.94. The third-order valence-electron chi connectivity index (χ3n) is 6.82. The molecule has 1 atom stereocenters. The summed E-state index contributed by atoms with van der Waals surface area (Å²) in [4.78, 5) is 15.4. The largest absolute Gasteiger partial charge is 0.507 e. The summed E-state index contributed by atoms with van der Waals surface area (Å²) in [7, 11) is 3.16. The second-order valence-corrected chi connectivity index (χ2v) is 8.83. The molecule has 3 aromatic rings.